The van der Waals surface area contributed by atoms with Gasteiger partial charge in [0, 0.05) is 65.1 Å². The van der Waals surface area contributed by atoms with Crippen LogP contribution in [0.2, 0.25) is 0 Å². The molecule has 0 spiro atoms. The number of nitrogens with one attached hydrogen (secondary N) is 4. The maximum absolute atomic E-state index is 13.0. The van der Waals surface area contributed by atoms with Crippen molar-refractivity contribution in [3.05, 3.63) is 91.8 Å². The molecule has 57 heavy (non-hydrogen) atoms. The Kier molecular flexibility index (Phi) is 16.6. The minimum atomic E-state index is -0.817. The quantitative estimate of drug-likeness (QED) is 0.0370. The third kappa shape index (κ3) is 13.6. The van der Waals surface area contributed by atoms with Crippen LogP contribution in [0.25, 0.3) is 0 Å². The molecule has 20 nitrogen and oxygen atoms in total. The Morgan fingerprint density at radius 3 is 1.47 bits per heavy atom. The second-order valence-corrected chi connectivity index (χ2v) is 14.0. The van der Waals surface area contributed by atoms with Crippen molar-refractivity contribution in [1.82, 2.24) is 35.6 Å². The summed E-state index contributed by atoms with van der Waals surface area (Å²) in [6.45, 7) is 8.73. The van der Waals surface area contributed by atoms with Gasteiger partial charge in [-0.25, -0.2) is 0 Å². The van der Waals surface area contributed by atoms with Crippen molar-refractivity contribution in [3.63, 3.8) is 0 Å². The van der Waals surface area contributed by atoms with Crippen LogP contribution in [0.4, 0.5) is 0 Å². The molecule has 312 valence electrons. The molecule has 0 bridgehead atoms. The van der Waals surface area contributed by atoms with Gasteiger partial charge in [-0.05, 0) is 52.0 Å². The molecule has 8 N–H and O–H groups in total. The highest BCUT2D eigenvalue weighted by Gasteiger charge is 2.29. The van der Waals surface area contributed by atoms with Gasteiger partial charge in [0.1, 0.15) is 11.4 Å². The number of aromatic hydroxyl groups is 2. The van der Waals surface area contributed by atoms with Gasteiger partial charge in [-0.15, -0.1) is 9.46 Å². The first-order valence-corrected chi connectivity index (χ1v) is 17.9. The van der Waals surface area contributed by atoms with E-state index in [1.54, 1.807) is 12.0 Å². The Hall–Kier alpha value is -5.96. The lowest BCUT2D eigenvalue weighted by molar-refractivity contribution is -0.168. The van der Waals surface area contributed by atoms with Crippen molar-refractivity contribution < 1.29 is 54.0 Å². The van der Waals surface area contributed by atoms with Gasteiger partial charge < -0.3 is 56.1 Å². The number of phenols is 2. The number of nitrogens with zero attached hydrogens (tertiary/aromatic N) is 3. The van der Waals surface area contributed by atoms with E-state index in [1.807, 2.05) is 27.7 Å². The second-order valence-electron chi connectivity index (χ2n) is 14.0. The van der Waals surface area contributed by atoms with Crippen LogP contribution in [0, 0.1) is 0 Å². The van der Waals surface area contributed by atoms with Crippen LogP contribution in [0.1, 0.15) is 69.4 Å². The third-order valence-electron chi connectivity index (χ3n) is 8.13. The average molecular weight is 802 g/mol. The van der Waals surface area contributed by atoms with Crippen LogP contribution >= 0.6 is 0 Å². The molecular formula is C37H51N7O13. The van der Waals surface area contributed by atoms with E-state index in [2.05, 4.69) is 21.3 Å². The van der Waals surface area contributed by atoms with Crippen molar-refractivity contribution in [2.75, 3.05) is 72.7 Å². The summed E-state index contributed by atoms with van der Waals surface area (Å²) in [4.78, 5) is 76.0. The maximum Gasteiger partial charge on any atom is 0.283 e. The van der Waals surface area contributed by atoms with E-state index in [9.17, 15) is 49.4 Å². The minimum absolute atomic E-state index is 0.00260. The number of carbonyl (C=O) groups is 4. The predicted molar refractivity (Wildman–Crippen MR) is 203 cm³/mol. The molecule has 1 aromatic carbocycles. The first-order chi connectivity index (χ1) is 26.9. The highest BCUT2D eigenvalue weighted by Crippen LogP contribution is 2.32. The molecule has 2 heterocycles. The van der Waals surface area contributed by atoms with Crippen molar-refractivity contribution in [2.45, 2.75) is 38.9 Å². The van der Waals surface area contributed by atoms with Gasteiger partial charge >= 0.3 is 0 Å². The van der Waals surface area contributed by atoms with Crippen LogP contribution in [0.5, 0.6) is 11.5 Å². The van der Waals surface area contributed by atoms with E-state index in [-0.39, 0.29) is 91.0 Å². The summed E-state index contributed by atoms with van der Waals surface area (Å²) in [5.41, 5.74) is -3.96. The topological polar surface area (TPSA) is 272 Å². The van der Waals surface area contributed by atoms with Crippen LogP contribution in [0.15, 0.2) is 58.1 Å². The average Bonchev–Trinajstić information content (AvgIpc) is 3.13. The molecule has 0 aliphatic carbocycles. The first-order valence-electron chi connectivity index (χ1n) is 17.9. The molecule has 2 aromatic heterocycles. The molecule has 0 aliphatic rings. The normalized spacial score (nSPS) is 11.6. The summed E-state index contributed by atoms with van der Waals surface area (Å²) in [6.07, 6.45) is 0. The molecule has 20 heteroatoms. The molecule has 0 saturated heterocycles. The van der Waals surface area contributed by atoms with E-state index in [1.165, 1.54) is 36.4 Å². The van der Waals surface area contributed by atoms with Gasteiger partial charge in [-0.2, -0.15) is 0 Å². The lowest BCUT2D eigenvalue weighted by Gasteiger charge is -2.35. The fourth-order valence-electron chi connectivity index (χ4n) is 5.65. The second kappa shape index (κ2) is 20.8. The van der Waals surface area contributed by atoms with Gasteiger partial charge in [0.15, 0.2) is 11.5 Å². The Bertz CT molecular complexity index is 1920. The lowest BCUT2D eigenvalue weighted by Crippen LogP contribution is -2.43. The fraction of sp³-hybridized carbons (Fsp3) is 0.459. The number of benzene rings is 1. The number of methoxy groups -OCH3 is 1. The summed E-state index contributed by atoms with van der Waals surface area (Å²) in [7, 11) is 1.58. The van der Waals surface area contributed by atoms with E-state index >= 15 is 0 Å². The Morgan fingerprint density at radius 1 is 0.632 bits per heavy atom. The van der Waals surface area contributed by atoms with E-state index < -0.39 is 57.4 Å². The SMILES string of the molecule is COCC(C)(C)OC(C)(C)COCCNC(=O)c1ccc(C(=O)NCCN(CCNC(=O)c2cccc(=O)n2O)CCNC(=O)c2cccc(=O)n2O)c(O)c1O. The number of ether oxygens (including phenoxy) is 3. The molecule has 3 aromatic rings. The number of rotatable bonds is 22. The fourth-order valence-corrected chi connectivity index (χ4v) is 5.65. The highest BCUT2D eigenvalue weighted by atomic mass is 16.6. The third-order valence-corrected chi connectivity index (χ3v) is 8.13. The number of amides is 4. The molecule has 0 aliphatic heterocycles. The van der Waals surface area contributed by atoms with Gasteiger partial charge in [0.25, 0.3) is 34.7 Å². The van der Waals surface area contributed by atoms with E-state index in [0.717, 1.165) is 12.1 Å². The summed E-state index contributed by atoms with van der Waals surface area (Å²) in [5, 5.41) is 51.3. The van der Waals surface area contributed by atoms with E-state index in [4.69, 9.17) is 14.2 Å². The highest BCUT2D eigenvalue weighted by molar-refractivity contribution is 6.02. The number of phenolic OH excluding ortho intramolecular Hbond substituents is 2. The Morgan fingerprint density at radius 2 is 1.04 bits per heavy atom. The summed E-state index contributed by atoms with van der Waals surface area (Å²) < 4.78 is 17.3. The zero-order valence-electron chi connectivity index (χ0n) is 32.5. The summed E-state index contributed by atoms with van der Waals surface area (Å²) in [5.74, 6) is -4.59. The number of aromatic nitrogens is 2. The van der Waals surface area contributed by atoms with Crippen LogP contribution in [-0.2, 0) is 14.2 Å². The molecule has 3 rings (SSSR count). The zero-order chi connectivity index (χ0) is 42.3. The van der Waals surface area contributed by atoms with Gasteiger partial charge in [0.05, 0.1) is 42.1 Å². The van der Waals surface area contributed by atoms with E-state index in [0.29, 0.717) is 6.61 Å². The molecular weight excluding hydrogens is 750 g/mol. The molecule has 0 saturated carbocycles. The predicted octanol–water partition coefficient (Wildman–Crippen LogP) is -0.246. The van der Waals surface area contributed by atoms with Crippen LogP contribution in [0.3, 0.4) is 0 Å². The number of hydrogen-bond donors (Lipinski definition) is 8. The van der Waals surface area contributed by atoms with Gasteiger partial charge in [0.2, 0.25) is 0 Å². The van der Waals surface area contributed by atoms with Crippen LogP contribution < -0.4 is 32.4 Å². The molecule has 0 unspecified atom stereocenters. The van der Waals surface area contributed by atoms with Crippen molar-refractivity contribution in [3.8, 4) is 11.5 Å². The standard InChI is InChI=1S/C37H51N7O13/c1-36(2,22-55-5)57-37(3,4)23-56-21-17-41-33(50)25-13-12-24(30(47)31(25)48)32(49)38-14-18-42(19-15-39-34(51)26-8-6-10-28(45)43(26)53)20-16-40-35(52)27-9-7-11-29(46)44(27)54/h6-13,47-48,53-54H,14-23H2,1-5H3,(H,38,49)(H,39,51)(H,40,52)(H,41,50). The maximum atomic E-state index is 13.0. The van der Waals surface area contributed by atoms with Crippen molar-refractivity contribution in [1.29, 1.82) is 0 Å². The van der Waals surface area contributed by atoms with Crippen molar-refractivity contribution >= 4 is 23.6 Å². The van der Waals surface area contributed by atoms with Gasteiger partial charge in [-0.3, -0.25) is 33.7 Å². The smallest absolute Gasteiger partial charge is 0.283 e. The Labute approximate surface area is 327 Å². The zero-order valence-corrected chi connectivity index (χ0v) is 32.5. The number of hydrogen-bond acceptors (Lipinski definition) is 14. The molecule has 0 atom stereocenters. The minimum Gasteiger partial charge on any atom is -0.504 e. The monoisotopic (exact) mass is 801 g/mol. The van der Waals surface area contributed by atoms with Crippen LogP contribution in [-0.4, -0.2) is 143 Å². The van der Waals surface area contributed by atoms with Gasteiger partial charge in [-0.1, -0.05) is 12.1 Å². The number of pyridine rings is 2. The molecule has 0 fully saturated rings. The first kappa shape index (κ1) is 45.4. The Balaban J connectivity index is 1.56. The van der Waals surface area contributed by atoms with Crippen molar-refractivity contribution in [2.24, 2.45) is 0 Å². The number of carbonyl (C=O) groups excluding carboxylic acids is 4. The molecule has 4 amide bonds. The lowest BCUT2D eigenvalue weighted by atomic mass is 10.1. The molecule has 0 radical (unpaired) electrons. The summed E-state index contributed by atoms with van der Waals surface area (Å²) in [6, 6.07) is 9.62. The summed E-state index contributed by atoms with van der Waals surface area (Å²) >= 11 is 0. The largest absolute Gasteiger partial charge is 0.504 e.